The minimum atomic E-state index is -0.159. The average molecular weight is 529 g/mol. The topological polar surface area (TPSA) is 105 Å². The Morgan fingerprint density at radius 3 is 2.49 bits per heavy atom. The number of aromatic nitrogens is 6. The van der Waals surface area contributed by atoms with Crippen LogP contribution in [0.2, 0.25) is 0 Å². The summed E-state index contributed by atoms with van der Waals surface area (Å²) >= 11 is 0. The number of fused-ring (bicyclic) bond motifs is 1. The molecule has 9 nitrogen and oxygen atoms in total. The molecule has 9 heteroatoms. The molecule has 2 aromatic carbocycles. The first-order valence-corrected chi connectivity index (χ1v) is 14.1. The van der Waals surface area contributed by atoms with Gasteiger partial charge in [-0.25, -0.2) is 4.98 Å². The van der Waals surface area contributed by atoms with Crippen molar-refractivity contribution in [3.8, 4) is 0 Å². The SMILES string of the molecule is CCCn1c(N(Cc2ccc(C(=O)NCc3nn[nH]n3)cc2)C2CCC(C(C)(C)C)CC2)nc2ccccc21. The van der Waals surface area contributed by atoms with Crippen LogP contribution in [-0.2, 0) is 19.6 Å². The second-order valence-corrected chi connectivity index (χ2v) is 11.8. The molecular weight excluding hydrogens is 488 g/mol. The Hall–Kier alpha value is -3.75. The lowest BCUT2D eigenvalue weighted by atomic mass is 9.71. The number of aryl methyl sites for hydroxylation is 1. The van der Waals surface area contributed by atoms with E-state index in [1.54, 1.807) is 0 Å². The van der Waals surface area contributed by atoms with E-state index in [9.17, 15) is 4.79 Å². The van der Waals surface area contributed by atoms with Gasteiger partial charge in [0.25, 0.3) is 5.91 Å². The molecule has 2 N–H and O–H groups in total. The van der Waals surface area contributed by atoms with E-state index < -0.39 is 0 Å². The molecule has 1 fully saturated rings. The van der Waals surface area contributed by atoms with Crippen molar-refractivity contribution in [3.05, 3.63) is 65.5 Å². The average Bonchev–Trinajstić information content (AvgIpc) is 3.59. The number of hydrogen-bond donors (Lipinski definition) is 2. The predicted molar refractivity (Wildman–Crippen MR) is 153 cm³/mol. The lowest BCUT2D eigenvalue weighted by Crippen LogP contribution is -2.41. The number of nitrogens with one attached hydrogen (secondary N) is 2. The highest BCUT2D eigenvalue weighted by Crippen LogP contribution is 2.40. The van der Waals surface area contributed by atoms with Crippen LogP contribution in [0, 0.1) is 11.3 Å². The van der Waals surface area contributed by atoms with Gasteiger partial charge in [-0.3, -0.25) is 4.79 Å². The molecule has 0 radical (unpaired) electrons. The maximum atomic E-state index is 12.6. The Morgan fingerprint density at radius 1 is 1.08 bits per heavy atom. The van der Waals surface area contributed by atoms with Crippen LogP contribution in [0.5, 0.6) is 0 Å². The molecule has 4 aromatic rings. The summed E-state index contributed by atoms with van der Waals surface area (Å²) in [7, 11) is 0. The van der Waals surface area contributed by atoms with Gasteiger partial charge >= 0.3 is 0 Å². The van der Waals surface area contributed by atoms with E-state index in [4.69, 9.17) is 4.98 Å². The highest BCUT2D eigenvalue weighted by molar-refractivity contribution is 5.94. The number of amides is 1. The van der Waals surface area contributed by atoms with E-state index in [2.05, 4.69) is 99.5 Å². The largest absolute Gasteiger partial charge is 0.345 e. The number of imidazole rings is 1. The molecule has 0 aliphatic heterocycles. The maximum Gasteiger partial charge on any atom is 0.251 e. The molecule has 206 valence electrons. The summed E-state index contributed by atoms with van der Waals surface area (Å²) in [5.74, 6) is 2.09. The zero-order valence-corrected chi connectivity index (χ0v) is 23.5. The molecule has 2 aromatic heterocycles. The van der Waals surface area contributed by atoms with E-state index in [-0.39, 0.29) is 12.5 Å². The van der Waals surface area contributed by atoms with Crippen LogP contribution in [0.1, 0.15) is 81.5 Å². The minimum Gasteiger partial charge on any atom is -0.345 e. The third-order valence-electron chi connectivity index (χ3n) is 8.07. The Bertz CT molecular complexity index is 1360. The molecule has 0 spiro atoms. The van der Waals surface area contributed by atoms with Gasteiger partial charge in [0.1, 0.15) is 0 Å². The fourth-order valence-electron chi connectivity index (χ4n) is 5.82. The molecule has 1 aliphatic rings. The number of hydrogen-bond acceptors (Lipinski definition) is 6. The molecule has 2 heterocycles. The number of nitrogens with zero attached hydrogens (tertiary/aromatic N) is 6. The second kappa shape index (κ2) is 11.6. The molecule has 39 heavy (non-hydrogen) atoms. The van der Waals surface area contributed by atoms with Crippen LogP contribution in [0.3, 0.4) is 0 Å². The first-order valence-electron chi connectivity index (χ1n) is 14.1. The number of carbonyl (C=O) groups excluding carboxylic acids is 1. The first-order chi connectivity index (χ1) is 18.8. The van der Waals surface area contributed by atoms with Gasteiger partial charge in [0.15, 0.2) is 5.82 Å². The summed E-state index contributed by atoms with van der Waals surface area (Å²) in [5.41, 5.74) is 4.35. The lowest BCUT2D eigenvalue weighted by Gasteiger charge is -2.41. The number of H-pyrrole nitrogens is 1. The van der Waals surface area contributed by atoms with Crippen LogP contribution < -0.4 is 10.2 Å². The van der Waals surface area contributed by atoms with Crippen LogP contribution in [0.4, 0.5) is 5.95 Å². The maximum absolute atomic E-state index is 12.6. The molecule has 0 unspecified atom stereocenters. The van der Waals surface area contributed by atoms with Gasteiger partial charge in [-0.05, 0) is 73.3 Å². The Labute approximate surface area is 230 Å². The number of para-hydroxylation sites is 2. The summed E-state index contributed by atoms with van der Waals surface area (Å²) in [6.07, 6.45) is 5.84. The van der Waals surface area contributed by atoms with E-state index in [1.807, 2.05) is 12.1 Å². The third kappa shape index (κ3) is 6.13. The van der Waals surface area contributed by atoms with Crippen molar-refractivity contribution in [2.24, 2.45) is 11.3 Å². The van der Waals surface area contributed by atoms with E-state index in [1.165, 1.54) is 18.4 Å². The van der Waals surface area contributed by atoms with Crippen LogP contribution in [0.25, 0.3) is 11.0 Å². The minimum absolute atomic E-state index is 0.159. The van der Waals surface area contributed by atoms with Crippen molar-refractivity contribution in [1.29, 1.82) is 0 Å². The Morgan fingerprint density at radius 2 is 1.82 bits per heavy atom. The molecule has 1 saturated carbocycles. The summed E-state index contributed by atoms with van der Waals surface area (Å²) < 4.78 is 2.39. The summed E-state index contributed by atoms with van der Waals surface area (Å²) in [6.45, 7) is 11.3. The van der Waals surface area contributed by atoms with E-state index in [0.29, 0.717) is 22.8 Å². The number of anilines is 1. The van der Waals surface area contributed by atoms with Crippen molar-refractivity contribution < 1.29 is 4.79 Å². The fraction of sp³-hybridized carbons (Fsp3) is 0.500. The Kier molecular flexibility index (Phi) is 7.95. The van der Waals surface area contributed by atoms with Crippen molar-refractivity contribution >= 4 is 22.9 Å². The highest BCUT2D eigenvalue weighted by Gasteiger charge is 2.33. The number of benzene rings is 2. The second-order valence-electron chi connectivity index (χ2n) is 11.8. The van der Waals surface area contributed by atoms with E-state index >= 15 is 0 Å². The normalized spacial score (nSPS) is 17.8. The summed E-state index contributed by atoms with van der Waals surface area (Å²) in [6, 6.07) is 16.8. The number of aromatic amines is 1. The van der Waals surface area contributed by atoms with Crippen LogP contribution >= 0.6 is 0 Å². The smallest absolute Gasteiger partial charge is 0.251 e. The lowest BCUT2D eigenvalue weighted by molar-refractivity contribution is 0.0950. The molecule has 0 bridgehead atoms. The number of tetrazole rings is 1. The van der Waals surface area contributed by atoms with Gasteiger partial charge in [-0.2, -0.15) is 5.21 Å². The number of carbonyl (C=O) groups is 1. The molecule has 0 atom stereocenters. The predicted octanol–water partition coefficient (Wildman–Crippen LogP) is 5.50. The standard InChI is InChI=1S/C30H40N8O/c1-5-18-37-26-9-7-6-8-25(26)32-29(37)38(24-16-14-23(15-17-24)30(2,3)4)20-21-10-12-22(13-11-21)28(39)31-19-27-33-35-36-34-27/h6-13,23-24H,5,14-20H2,1-4H3,(H,31,39)(H,33,34,35,36). The first kappa shape index (κ1) is 26.8. The van der Waals surface area contributed by atoms with Crippen molar-refractivity contribution in [2.75, 3.05) is 4.90 Å². The van der Waals surface area contributed by atoms with Crippen molar-refractivity contribution in [3.63, 3.8) is 0 Å². The molecule has 0 saturated heterocycles. The summed E-state index contributed by atoms with van der Waals surface area (Å²) in [4.78, 5) is 20.3. The third-order valence-corrected chi connectivity index (χ3v) is 8.07. The molecule has 1 amide bonds. The molecule has 1 aliphatic carbocycles. The zero-order valence-electron chi connectivity index (χ0n) is 23.5. The van der Waals surface area contributed by atoms with Crippen molar-refractivity contribution in [2.45, 2.75) is 85.5 Å². The van der Waals surface area contributed by atoms with Crippen LogP contribution in [0.15, 0.2) is 48.5 Å². The number of rotatable bonds is 9. The molecular formula is C30H40N8O. The zero-order chi connectivity index (χ0) is 27.4. The quantitative estimate of drug-likeness (QED) is 0.297. The fourth-order valence-corrected chi connectivity index (χ4v) is 5.82. The Balaban J connectivity index is 1.39. The van der Waals surface area contributed by atoms with Gasteiger partial charge in [0.05, 0.1) is 17.6 Å². The molecule has 5 rings (SSSR count). The van der Waals surface area contributed by atoms with Crippen LogP contribution in [-0.4, -0.2) is 42.1 Å². The monoisotopic (exact) mass is 528 g/mol. The summed E-state index contributed by atoms with van der Waals surface area (Å²) in [5, 5.41) is 16.5. The van der Waals surface area contributed by atoms with Gasteiger partial charge in [0.2, 0.25) is 5.95 Å². The van der Waals surface area contributed by atoms with Crippen molar-refractivity contribution in [1.82, 2.24) is 35.5 Å². The van der Waals surface area contributed by atoms with Gasteiger partial charge < -0.3 is 14.8 Å². The van der Waals surface area contributed by atoms with Gasteiger partial charge in [-0.1, -0.05) is 57.2 Å². The van der Waals surface area contributed by atoms with Gasteiger partial charge in [-0.15, -0.1) is 10.2 Å². The highest BCUT2D eigenvalue weighted by atomic mass is 16.1. The van der Waals surface area contributed by atoms with E-state index in [0.717, 1.165) is 55.3 Å². The van der Waals surface area contributed by atoms with Gasteiger partial charge in [0, 0.05) is 24.7 Å².